The zero-order chi connectivity index (χ0) is 13.1. The predicted molar refractivity (Wildman–Crippen MR) is 69.0 cm³/mol. The van der Waals surface area contributed by atoms with E-state index in [1.807, 2.05) is 32.0 Å². The first-order valence-electron chi connectivity index (χ1n) is 5.57. The number of amides is 1. The zero-order valence-corrected chi connectivity index (χ0v) is 10.3. The first-order chi connectivity index (χ1) is 8.56. The molecule has 0 atom stereocenters. The summed E-state index contributed by atoms with van der Waals surface area (Å²) in [7, 11) is 0. The van der Waals surface area contributed by atoms with Crippen LogP contribution in [0, 0.1) is 13.8 Å². The summed E-state index contributed by atoms with van der Waals surface area (Å²) in [6.45, 7) is 4.07. The standard InChI is InChI=1S/C12H15N5O/c1-8-4-3-5-10(9(8)2)15-11(18)6-17-7-14-12(13)16-17/h3-5,7H,6H2,1-2H3,(H2,13,16)(H,15,18). The van der Waals surface area contributed by atoms with Crippen molar-refractivity contribution >= 4 is 17.5 Å². The predicted octanol–water partition coefficient (Wildman–Crippen LogP) is 1.12. The van der Waals surface area contributed by atoms with E-state index in [2.05, 4.69) is 15.4 Å². The molecule has 0 radical (unpaired) electrons. The molecule has 0 fully saturated rings. The molecule has 0 aliphatic carbocycles. The molecule has 1 heterocycles. The molecule has 0 aliphatic heterocycles. The fraction of sp³-hybridized carbons (Fsp3) is 0.250. The summed E-state index contributed by atoms with van der Waals surface area (Å²) in [6.07, 6.45) is 1.43. The molecule has 6 heteroatoms. The number of carbonyl (C=O) groups is 1. The third-order valence-electron chi connectivity index (χ3n) is 2.74. The Bertz CT molecular complexity index is 576. The fourth-order valence-electron chi connectivity index (χ4n) is 1.61. The van der Waals surface area contributed by atoms with Crippen LogP contribution in [0.15, 0.2) is 24.5 Å². The van der Waals surface area contributed by atoms with Crippen LogP contribution in [-0.4, -0.2) is 20.7 Å². The highest BCUT2D eigenvalue weighted by Gasteiger charge is 2.07. The number of nitrogen functional groups attached to an aromatic ring is 1. The van der Waals surface area contributed by atoms with Crippen LogP contribution in [0.4, 0.5) is 11.6 Å². The van der Waals surface area contributed by atoms with E-state index in [9.17, 15) is 4.79 Å². The van der Waals surface area contributed by atoms with Gasteiger partial charge in [-0.1, -0.05) is 12.1 Å². The van der Waals surface area contributed by atoms with Gasteiger partial charge in [0.05, 0.1) is 0 Å². The van der Waals surface area contributed by atoms with Crippen LogP contribution in [0.1, 0.15) is 11.1 Å². The summed E-state index contributed by atoms with van der Waals surface area (Å²) in [6, 6.07) is 5.78. The normalized spacial score (nSPS) is 10.3. The van der Waals surface area contributed by atoms with Gasteiger partial charge in [0.2, 0.25) is 11.9 Å². The lowest BCUT2D eigenvalue weighted by Crippen LogP contribution is -2.19. The van der Waals surface area contributed by atoms with Crippen molar-refractivity contribution in [1.82, 2.24) is 14.8 Å². The largest absolute Gasteiger partial charge is 0.367 e. The number of anilines is 2. The van der Waals surface area contributed by atoms with Gasteiger partial charge in [-0.05, 0) is 31.0 Å². The molecular weight excluding hydrogens is 230 g/mol. The molecule has 0 spiro atoms. The van der Waals surface area contributed by atoms with Crippen LogP contribution in [0.5, 0.6) is 0 Å². The van der Waals surface area contributed by atoms with Gasteiger partial charge in [-0.25, -0.2) is 9.67 Å². The molecular formula is C12H15N5O. The van der Waals surface area contributed by atoms with Crippen molar-refractivity contribution in [2.75, 3.05) is 11.1 Å². The highest BCUT2D eigenvalue weighted by molar-refractivity contribution is 5.91. The van der Waals surface area contributed by atoms with Crippen molar-refractivity contribution in [3.05, 3.63) is 35.7 Å². The minimum Gasteiger partial charge on any atom is -0.367 e. The van der Waals surface area contributed by atoms with E-state index in [4.69, 9.17) is 5.73 Å². The minimum atomic E-state index is -0.159. The Morgan fingerprint density at radius 2 is 2.22 bits per heavy atom. The molecule has 1 aromatic carbocycles. The van der Waals surface area contributed by atoms with Gasteiger partial charge in [0.15, 0.2) is 0 Å². The number of nitrogens with one attached hydrogen (secondary N) is 1. The van der Waals surface area contributed by atoms with E-state index in [0.717, 1.165) is 16.8 Å². The Morgan fingerprint density at radius 3 is 2.89 bits per heavy atom. The van der Waals surface area contributed by atoms with Crippen molar-refractivity contribution in [1.29, 1.82) is 0 Å². The van der Waals surface area contributed by atoms with Crippen molar-refractivity contribution in [2.24, 2.45) is 0 Å². The topological polar surface area (TPSA) is 85.8 Å². The van der Waals surface area contributed by atoms with E-state index in [-0.39, 0.29) is 18.4 Å². The average Bonchev–Trinajstić information content (AvgIpc) is 2.70. The molecule has 0 bridgehead atoms. The Labute approximate surface area is 105 Å². The number of aromatic nitrogens is 3. The van der Waals surface area contributed by atoms with E-state index >= 15 is 0 Å². The van der Waals surface area contributed by atoms with Gasteiger partial charge in [0, 0.05) is 5.69 Å². The van der Waals surface area contributed by atoms with E-state index < -0.39 is 0 Å². The molecule has 0 saturated heterocycles. The van der Waals surface area contributed by atoms with Crippen LogP contribution in [0.2, 0.25) is 0 Å². The van der Waals surface area contributed by atoms with E-state index in [1.54, 1.807) is 0 Å². The Kier molecular flexibility index (Phi) is 3.27. The van der Waals surface area contributed by atoms with Gasteiger partial charge in [-0.15, -0.1) is 5.10 Å². The average molecular weight is 245 g/mol. The molecule has 0 saturated carbocycles. The van der Waals surface area contributed by atoms with Gasteiger partial charge in [0.1, 0.15) is 12.9 Å². The molecule has 1 amide bonds. The maximum atomic E-state index is 11.8. The summed E-state index contributed by atoms with van der Waals surface area (Å²) in [5.74, 6) is 0.00290. The molecule has 94 valence electrons. The molecule has 0 unspecified atom stereocenters. The molecule has 6 nitrogen and oxygen atoms in total. The summed E-state index contributed by atoms with van der Waals surface area (Å²) >= 11 is 0. The zero-order valence-electron chi connectivity index (χ0n) is 10.3. The van der Waals surface area contributed by atoms with Gasteiger partial charge in [-0.2, -0.15) is 0 Å². The van der Waals surface area contributed by atoms with Crippen LogP contribution in [0.3, 0.4) is 0 Å². The lowest BCUT2D eigenvalue weighted by Gasteiger charge is -2.10. The number of hydrogen-bond donors (Lipinski definition) is 2. The molecule has 2 rings (SSSR count). The van der Waals surface area contributed by atoms with Crippen molar-refractivity contribution in [3.8, 4) is 0 Å². The summed E-state index contributed by atoms with van der Waals surface area (Å²) in [5, 5.41) is 6.70. The molecule has 3 N–H and O–H groups in total. The van der Waals surface area contributed by atoms with Gasteiger partial charge < -0.3 is 11.1 Å². The second kappa shape index (κ2) is 4.87. The summed E-state index contributed by atoms with van der Waals surface area (Å²) in [4.78, 5) is 15.6. The number of rotatable bonds is 3. The lowest BCUT2D eigenvalue weighted by molar-refractivity contribution is -0.116. The van der Waals surface area contributed by atoms with Crippen molar-refractivity contribution in [2.45, 2.75) is 20.4 Å². The number of nitrogens with zero attached hydrogens (tertiary/aromatic N) is 3. The quantitative estimate of drug-likeness (QED) is 0.848. The maximum absolute atomic E-state index is 11.8. The highest BCUT2D eigenvalue weighted by Crippen LogP contribution is 2.17. The second-order valence-corrected chi connectivity index (χ2v) is 4.10. The number of carbonyl (C=O) groups excluding carboxylic acids is 1. The molecule has 18 heavy (non-hydrogen) atoms. The van der Waals surface area contributed by atoms with Gasteiger partial charge in [-0.3, -0.25) is 4.79 Å². The van der Waals surface area contributed by atoms with Crippen LogP contribution in [-0.2, 0) is 11.3 Å². The Balaban J connectivity index is 2.05. The summed E-state index contributed by atoms with van der Waals surface area (Å²) < 4.78 is 1.40. The minimum absolute atomic E-state index is 0.0948. The smallest absolute Gasteiger partial charge is 0.246 e. The molecule has 0 aliphatic rings. The Hall–Kier alpha value is -2.37. The SMILES string of the molecule is Cc1cccc(NC(=O)Cn2cnc(N)n2)c1C. The van der Waals surface area contributed by atoms with E-state index in [0.29, 0.717) is 0 Å². The van der Waals surface area contributed by atoms with Crippen LogP contribution in [0.25, 0.3) is 0 Å². The maximum Gasteiger partial charge on any atom is 0.246 e. The second-order valence-electron chi connectivity index (χ2n) is 4.10. The van der Waals surface area contributed by atoms with E-state index in [1.165, 1.54) is 11.0 Å². The number of hydrogen-bond acceptors (Lipinski definition) is 4. The first-order valence-corrected chi connectivity index (χ1v) is 5.57. The summed E-state index contributed by atoms with van der Waals surface area (Å²) in [5.41, 5.74) is 8.39. The molecule has 1 aromatic heterocycles. The number of benzene rings is 1. The third kappa shape index (κ3) is 2.65. The fourth-order valence-corrected chi connectivity index (χ4v) is 1.61. The molecule has 2 aromatic rings. The van der Waals surface area contributed by atoms with Crippen LogP contribution < -0.4 is 11.1 Å². The number of nitrogens with two attached hydrogens (primary N) is 1. The van der Waals surface area contributed by atoms with Gasteiger partial charge in [0.25, 0.3) is 0 Å². The monoisotopic (exact) mass is 245 g/mol. The van der Waals surface area contributed by atoms with Crippen molar-refractivity contribution < 1.29 is 4.79 Å². The lowest BCUT2D eigenvalue weighted by atomic mass is 10.1. The van der Waals surface area contributed by atoms with Crippen molar-refractivity contribution in [3.63, 3.8) is 0 Å². The third-order valence-corrected chi connectivity index (χ3v) is 2.74. The number of aryl methyl sites for hydroxylation is 1. The Morgan fingerprint density at radius 1 is 1.44 bits per heavy atom. The first kappa shape index (κ1) is 12.1. The van der Waals surface area contributed by atoms with Crippen LogP contribution >= 0.6 is 0 Å². The highest BCUT2D eigenvalue weighted by atomic mass is 16.2. The van der Waals surface area contributed by atoms with Gasteiger partial charge >= 0.3 is 0 Å².